The number of hydrogen-bond donors (Lipinski definition) is 2. The van der Waals surface area contributed by atoms with Crippen LogP contribution in [0.3, 0.4) is 0 Å². The molecule has 1 aliphatic rings. The molecule has 0 aromatic carbocycles. The van der Waals surface area contributed by atoms with Crippen LogP contribution >= 0.6 is 0 Å². The van der Waals surface area contributed by atoms with Gasteiger partial charge in [-0.05, 0) is 18.3 Å². The Balaban J connectivity index is 2.12. The highest BCUT2D eigenvalue weighted by Gasteiger charge is 2.31. The molecule has 0 amide bonds. The first-order chi connectivity index (χ1) is 8.94. The smallest absolute Gasteiger partial charge is 0.257 e. The molecular weight excluding hydrogens is 262 g/mol. The highest BCUT2D eigenvalue weighted by atomic mass is 32.2. The second kappa shape index (κ2) is 5.63. The van der Waals surface area contributed by atoms with E-state index in [2.05, 4.69) is 28.5 Å². The highest BCUT2D eigenvalue weighted by Crippen LogP contribution is 2.30. The summed E-state index contributed by atoms with van der Waals surface area (Å²) < 4.78 is 27.4. The van der Waals surface area contributed by atoms with Crippen LogP contribution in [-0.4, -0.2) is 24.4 Å². The lowest BCUT2D eigenvalue weighted by atomic mass is 9.78. The van der Waals surface area contributed by atoms with Gasteiger partial charge in [0.05, 0.1) is 6.20 Å². The molecule has 3 unspecified atom stereocenters. The Kier molecular flexibility index (Phi) is 4.30. The van der Waals surface area contributed by atoms with Gasteiger partial charge in [-0.15, -0.1) is 0 Å². The Morgan fingerprint density at radius 2 is 2.16 bits per heavy atom. The molecular formula is C13H23N3O2S. The SMILES string of the molecule is CCc1ncc(S(=O)(=O)NC2CCCC(C)C2C)[nH]1. The Bertz CT molecular complexity index is 524. The molecule has 108 valence electrons. The van der Waals surface area contributed by atoms with Crippen LogP contribution in [0.1, 0.15) is 45.9 Å². The fourth-order valence-corrected chi connectivity index (χ4v) is 3.97. The second-order valence-electron chi connectivity index (χ2n) is 5.54. The van der Waals surface area contributed by atoms with E-state index in [0.717, 1.165) is 12.8 Å². The number of sulfonamides is 1. The summed E-state index contributed by atoms with van der Waals surface area (Å²) in [5.41, 5.74) is 0. The Morgan fingerprint density at radius 3 is 2.79 bits per heavy atom. The molecule has 1 aliphatic carbocycles. The third kappa shape index (κ3) is 3.17. The predicted molar refractivity (Wildman–Crippen MR) is 74.3 cm³/mol. The van der Waals surface area contributed by atoms with Gasteiger partial charge < -0.3 is 4.98 Å². The number of aromatic amines is 1. The Labute approximate surface area is 115 Å². The quantitative estimate of drug-likeness (QED) is 0.889. The number of nitrogens with one attached hydrogen (secondary N) is 2. The van der Waals surface area contributed by atoms with Gasteiger partial charge >= 0.3 is 0 Å². The van der Waals surface area contributed by atoms with E-state index in [1.54, 1.807) is 0 Å². The van der Waals surface area contributed by atoms with Crippen LogP contribution < -0.4 is 4.72 Å². The molecule has 0 saturated heterocycles. The average molecular weight is 285 g/mol. The largest absolute Gasteiger partial charge is 0.332 e. The first-order valence-corrected chi connectivity index (χ1v) is 8.48. The molecule has 1 heterocycles. The zero-order valence-corrected chi connectivity index (χ0v) is 12.6. The molecule has 1 aromatic heterocycles. The summed E-state index contributed by atoms with van der Waals surface area (Å²) >= 11 is 0. The van der Waals surface area contributed by atoms with Crippen LogP contribution in [0.4, 0.5) is 0 Å². The van der Waals surface area contributed by atoms with Crippen molar-refractivity contribution in [2.75, 3.05) is 0 Å². The summed E-state index contributed by atoms with van der Waals surface area (Å²) in [7, 11) is -3.47. The molecule has 0 spiro atoms. The number of hydrogen-bond acceptors (Lipinski definition) is 3. The summed E-state index contributed by atoms with van der Waals surface area (Å²) in [6.07, 6.45) is 5.29. The van der Waals surface area contributed by atoms with E-state index in [0.29, 0.717) is 24.1 Å². The molecule has 2 rings (SSSR count). The Morgan fingerprint density at radius 1 is 1.42 bits per heavy atom. The standard InChI is InChI=1S/C13H23N3O2S/c1-4-12-14-8-13(15-12)19(17,18)16-11-7-5-6-9(2)10(11)3/h8-11,16H,4-7H2,1-3H3,(H,14,15). The Hall–Kier alpha value is -0.880. The van der Waals surface area contributed by atoms with Crippen molar-refractivity contribution in [3.8, 4) is 0 Å². The van der Waals surface area contributed by atoms with Crippen molar-refractivity contribution in [1.29, 1.82) is 0 Å². The van der Waals surface area contributed by atoms with Crippen molar-refractivity contribution >= 4 is 10.0 Å². The lowest BCUT2D eigenvalue weighted by Crippen LogP contribution is -2.43. The maximum absolute atomic E-state index is 12.3. The maximum atomic E-state index is 12.3. The average Bonchev–Trinajstić information content (AvgIpc) is 2.84. The molecule has 1 aromatic rings. The molecule has 1 saturated carbocycles. The van der Waals surface area contributed by atoms with Gasteiger partial charge in [0.25, 0.3) is 10.0 Å². The summed E-state index contributed by atoms with van der Waals surface area (Å²) in [5, 5.41) is 0.176. The summed E-state index contributed by atoms with van der Waals surface area (Å²) in [4.78, 5) is 6.91. The number of nitrogens with zero attached hydrogens (tertiary/aromatic N) is 1. The van der Waals surface area contributed by atoms with Crippen molar-refractivity contribution < 1.29 is 8.42 Å². The lowest BCUT2D eigenvalue weighted by Gasteiger charge is -2.34. The fraction of sp³-hybridized carbons (Fsp3) is 0.769. The van der Waals surface area contributed by atoms with Crippen molar-refractivity contribution in [2.24, 2.45) is 11.8 Å². The molecule has 19 heavy (non-hydrogen) atoms. The molecule has 5 nitrogen and oxygen atoms in total. The van der Waals surface area contributed by atoms with E-state index in [1.165, 1.54) is 12.6 Å². The molecule has 1 fully saturated rings. The van der Waals surface area contributed by atoms with E-state index >= 15 is 0 Å². The number of aryl methyl sites for hydroxylation is 1. The molecule has 6 heteroatoms. The number of aromatic nitrogens is 2. The third-order valence-corrected chi connectivity index (χ3v) is 5.64. The molecule has 2 N–H and O–H groups in total. The second-order valence-corrected chi connectivity index (χ2v) is 7.23. The van der Waals surface area contributed by atoms with E-state index in [-0.39, 0.29) is 11.1 Å². The molecule has 0 radical (unpaired) electrons. The lowest BCUT2D eigenvalue weighted by molar-refractivity contribution is 0.227. The highest BCUT2D eigenvalue weighted by molar-refractivity contribution is 7.89. The normalized spacial score (nSPS) is 28.5. The van der Waals surface area contributed by atoms with Crippen LogP contribution in [0.15, 0.2) is 11.2 Å². The van der Waals surface area contributed by atoms with Crippen LogP contribution in [0.5, 0.6) is 0 Å². The summed E-state index contributed by atoms with van der Waals surface area (Å²) in [6.45, 7) is 6.26. The number of imidazole rings is 1. The minimum atomic E-state index is -3.47. The number of rotatable bonds is 4. The van der Waals surface area contributed by atoms with Crippen LogP contribution in [0.25, 0.3) is 0 Å². The van der Waals surface area contributed by atoms with E-state index < -0.39 is 10.0 Å². The summed E-state index contributed by atoms with van der Waals surface area (Å²) in [6, 6.07) is 0.0297. The monoisotopic (exact) mass is 285 g/mol. The van der Waals surface area contributed by atoms with E-state index in [4.69, 9.17) is 0 Å². The van der Waals surface area contributed by atoms with Gasteiger partial charge in [-0.1, -0.05) is 33.6 Å². The van der Waals surface area contributed by atoms with Gasteiger partial charge in [0.2, 0.25) is 0 Å². The van der Waals surface area contributed by atoms with Crippen LogP contribution in [0.2, 0.25) is 0 Å². The predicted octanol–water partition coefficient (Wildman–Crippen LogP) is 2.08. The van der Waals surface area contributed by atoms with Crippen molar-refractivity contribution in [3.05, 3.63) is 12.0 Å². The van der Waals surface area contributed by atoms with Gasteiger partial charge in [-0.2, -0.15) is 0 Å². The fourth-order valence-electron chi connectivity index (χ4n) is 2.67. The van der Waals surface area contributed by atoms with Gasteiger partial charge in [0.1, 0.15) is 5.82 Å². The zero-order valence-electron chi connectivity index (χ0n) is 11.8. The zero-order chi connectivity index (χ0) is 14.0. The van der Waals surface area contributed by atoms with Crippen LogP contribution in [-0.2, 0) is 16.4 Å². The third-order valence-electron chi connectivity index (χ3n) is 4.24. The van der Waals surface area contributed by atoms with Gasteiger partial charge in [-0.25, -0.2) is 18.1 Å². The molecule has 3 atom stereocenters. The number of H-pyrrole nitrogens is 1. The molecule has 0 bridgehead atoms. The first kappa shape index (κ1) is 14.5. The minimum absolute atomic E-state index is 0.0297. The topological polar surface area (TPSA) is 74.8 Å². The minimum Gasteiger partial charge on any atom is -0.332 e. The van der Waals surface area contributed by atoms with E-state index in [1.807, 2.05) is 6.92 Å². The van der Waals surface area contributed by atoms with Crippen LogP contribution in [0, 0.1) is 11.8 Å². The molecule has 0 aliphatic heterocycles. The van der Waals surface area contributed by atoms with Gasteiger partial charge in [-0.3, -0.25) is 0 Å². The van der Waals surface area contributed by atoms with E-state index in [9.17, 15) is 8.42 Å². The van der Waals surface area contributed by atoms with Crippen molar-refractivity contribution in [2.45, 2.75) is 57.5 Å². The van der Waals surface area contributed by atoms with Gasteiger partial charge in [0, 0.05) is 12.5 Å². The summed E-state index contributed by atoms with van der Waals surface area (Å²) in [5.74, 6) is 1.64. The maximum Gasteiger partial charge on any atom is 0.257 e. The first-order valence-electron chi connectivity index (χ1n) is 7.00. The van der Waals surface area contributed by atoms with Gasteiger partial charge in [0.15, 0.2) is 5.03 Å². The van der Waals surface area contributed by atoms with Crippen molar-refractivity contribution in [3.63, 3.8) is 0 Å². The van der Waals surface area contributed by atoms with Crippen molar-refractivity contribution in [1.82, 2.24) is 14.7 Å².